The molecule has 0 aromatic heterocycles. The van der Waals surface area contributed by atoms with Crippen molar-refractivity contribution in [2.75, 3.05) is 10.6 Å². The van der Waals surface area contributed by atoms with E-state index in [2.05, 4.69) is 5.32 Å². The summed E-state index contributed by atoms with van der Waals surface area (Å²) in [6.07, 6.45) is 1.21. The first-order valence-corrected chi connectivity index (χ1v) is 10.4. The van der Waals surface area contributed by atoms with Crippen LogP contribution < -0.4 is 9.62 Å². The van der Waals surface area contributed by atoms with Gasteiger partial charge < -0.3 is 5.32 Å². The number of amides is 1. The van der Waals surface area contributed by atoms with Gasteiger partial charge in [-0.25, -0.2) is 8.42 Å². The topological polar surface area (TPSA) is 66.5 Å². The first-order chi connectivity index (χ1) is 12.1. The summed E-state index contributed by atoms with van der Waals surface area (Å²) in [4.78, 5) is 12.0. The van der Waals surface area contributed by atoms with Gasteiger partial charge in [0, 0.05) is 11.6 Å². The zero-order valence-electron chi connectivity index (χ0n) is 15.9. The summed E-state index contributed by atoms with van der Waals surface area (Å²) in [6, 6.07) is 12.8. The zero-order valence-corrected chi connectivity index (χ0v) is 16.7. The van der Waals surface area contributed by atoms with Crippen LogP contribution in [-0.4, -0.2) is 26.6 Å². The Morgan fingerprint density at radius 3 is 2.23 bits per heavy atom. The fourth-order valence-corrected chi connectivity index (χ4v) is 3.58. The minimum absolute atomic E-state index is 0.0622. The quantitative estimate of drug-likeness (QED) is 0.843. The zero-order chi connectivity index (χ0) is 19.5. The Hall–Kier alpha value is -2.34. The molecule has 0 radical (unpaired) electrons. The molecule has 2 rings (SSSR count). The number of rotatable bonds is 6. The summed E-state index contributed by atoms with van der Waals surface area (Å²) in [6.45, 7) is 7.86. The Morgan fingerprint density at radius 2 is 1.69 bits per heavy atom. The number of hydrogen-bond donors (Lipinski definition) is 1. The molecule has 0 fully saturated rings. The predicted molar refractivity (Wildman–Crippen MR) is 106 cm³/mol. The van der Waals surface area contributed by atoms with E-state index in [0.717, 1.165) is 16.7 Å². The van der Waals surface area contributed by atoms with E-state index in [1.54, 1.807) is 24.3 Å². The first-order valence-electron chi connectivity index (χ1n) is 8.52. The Morgan fingerprint density at radius 1 is 1.08 bits per heavy atom. The predicted octanol–water partition coefficient (Wildman–Crippen LogP) is 3.41. The van der Waals surface area contributed by atoms with Gasteiger partial charge in [0.15, 0.2) is 0 Å². The van der Waals surface area contributed by atoms with Crippen LogP contribution in [0.5, 0.6) is 0 Å². The van der Waals surface area contributed by atoms with Gasteiger partial charge in [-0.1, -0.05) is 24.3 Å². The van der Waals surface area contributed by atoms with Gasteiger partial charge in [-0.05, 0) is 62.6 Å². The number of nitrogens with one attached hydrogen (secondary N) is 1. The Bertz CT molecular complexity index is 888. The summed E-state index contributed by atoms with van der Waals surface area (Å²) >= 11 is 0. The van der Waals surface area contributed by atoms with Crippen LogP contribution in [0.2, 0.25) is 0 Å². The van der Waals surface area contributed by atoms with Crippen LogP contribution in [0.15, 0.2) is 42.5 Å². The number of nitrogens with zero attached hydrogens (tertiary/aromatic N) is 1. The summed E-state index contributed by atoms with van der Waals surface area (Å²) in [5, 5.41) is 2.84. The molecular formula is C20H26N2O3S. The number of carbonyl (C=O) groups excluding carboxylic acids is 1. The summed E-state index contributed by atoms with van der Waals surface area (Å²) in [5.74, 6) is -0.138. The van der Waals surface area contributed by atoms with Crippen molar-refractivity contribution in [1.82, 2.24) is 5.32 Å². The molecule has 0 unspecified atom stereocenters. The van der Waals surface area contributed by atoms with Gasteiger partial charge in [-0.3, -0.25) is 9.10 Å². The van der Waals surface area contributed by atoms with Gasteiger partial charge >= 0.3 is 0 Å². The average Bonchev–Trinajstić information content (AvgIpc) is 2.54. The van der Waals surface area contributed by atoms with Crippen LogP contribution in [0.25, 0.3) is 0 Å². The van der Waals surface area contributed by atoms with Crippen molar-refractivity contribution in [3.05, 3.63) is 64.7 Å². The molecule has 2 aromatic carbocycles. The molecule has 0 aliphatic heterocycles. The second-order valence-corrected chi connectivity index (χ2v) is 8.79. The van der Waals surface area contributed by atoms with E-state index >= 15 is 0 Å². The van der Waals surface area contributed by atoms with Gasteiger partial charge in [0.25, 0.3) is 5.91 Å². The lowest BCUT2D eigenvalue weighted by molar-refractivity contribution is 0.0943. The van der Waals surface area contributed by atoms with E-state index in [1.165, 1.54) is 10.6 Å². The van der Waals surface area contributed by atoms with Gasteiger partial charge in [0.2, 0.25) is 10.0 Å². The Kier molecular flexibility index (Phi) is 6.08. The largest absolute Gasteiger partial charge is 0.350 e. The van der Waals surface area contributed by atoms with Crippen LogP contribution in [0.1, 0.15) is 40.9 Å². The van der Waals surface area contributed by atoms with Crippen molar-refractivity contribution < 1.29 is 13.2 Å². The van der Waals surface area contributed by atoms with Crippen LogP contribution in [-0.2, 0) is 16.6 Å². The van der Waals surface area contributed by atoms with Gasteiger partial charge in [-0.2, -0.15) is 0 Å². The monoisotopic (exact) mass is 374 g/mol. The number of anilines is 1. The van der Waals surface area contributed by atoms with Crippen LogP contribution in [0, 0.1) is 13.8 Å². The number of carbonyl (C=O) groups is 1. The van der Waals surface area contributed by atoms with E-state index in [9.17, 15) is 13.2 Å². The molecule has 6 heteroatoms. The lowest BCUT2D eigenvalue weighted by Crippen LogP contribution is -2.31. The second-order valence-electron chi connectivity index (χ2n) is 6.88. The smallest absolute Gasteiger partial charge is 0.251 e. The molecule has 0 saturated heterocycles. The molecule has 0 bridgehead atoms. The fourth-order valence-electron chi connectivity index (χ4n) is 2.64. The maximum Gasteiger partial charge on any atom is 0.251 e. The molecule has 0 spiro atoms. The highest BCUT2D eigenvalue weighted by molar-refractivity contribution is 7.92. The van der Waals surface area contributed by atoms with Crippen molar-refractivity contribution in [2.45, 2.75) is 40.3 Å². The molecule has 140 valence electrons. The molecule has 2 aromatic rings. The lowest BCUT2D eigenvalue weighted by Gasteiger charge is -2.25. The summed E-state index contributed by atoms with van der Waals surface area (Å²) in [7, 11) is -3.44. The van der Waals surface area contributed by atoms with Crippen molar-refractivity contribution in [1.29, 1.82) is 0 Å². The van der Waals surface area contributed by atoms with Crippen molar-refractivity contribution in [3.8, 4) is 0 Å². The van der Waals surface area contributed by atoms with Crippen LogP contribution >= 0.6 is 0 Å². The lowest BCUT2D eigenvalue weighted by atomic mass is 10.1. The number of aryl methyl sites for hydroxylation is 2. The van der Waals surface area contributed by atoms with Crippen LogP contribution in [0.4, 0.5) is 5.69 Å². The average molecular weight is 375 g/mol. The number of benzene rings is 2. The van der Waals surface area contributed by atoms with Gasteiger partial charge in [-0.15, -0.1) is 0 Å². The van der Waals surface area contributed by atoms with E-state index in [1.807, 2.05) is 45.9 Å². The second kappa shape index (κ2) is 7.91. The molecule has 1 N–H and O–H groups in total. The molecule has 26 heavy (non-hydrogen) atoms. The SMILES string of the molecule is Cc1ccc(C)c(N(Cc2ccc(C(=O)NC(C)C)cc2)S(C)(=O)=O)c1. The molecule has 0 heterocycles. The standard InChI is InChI=1S/C20H26N2O3S/c1-14(2)21-20(23)18-10-8-17(9-11-18)13-22(26(5,24)25)19-12-15(3)6-7-16(19)4/h6-12,14H,13H2,1-5H3,(H,21,23). The van der Waals surface area contributed by atoms with E-state index in [4.69, 9.17) is 0 Å². The fraction of sp³-hybridized carbons (Fsp3) is 0.350. The third-order valence-electron chi connectivity index (χ3n) is 4.00. The molecular weight excluding hydrogens is 348 g/mol. The highest BCUT2D eigenvalue weighted by Crippen LogP contribution is 2.26. The van der Waals surface area contributed by atoms with Crippen LogP contribution in [0.3, 0.4) is 0 Å². The highest BCUT2D eigenvalue weighted by Gasteiger charge is 2.20. The highest BCUT2D eigenvalue weighted by atomic mass is 32.2. The van der Waals surface area contributed by atoms with Crippen molar-refractivity contribution >= 4 is 21.6 Å². The Labute approximate surface area is 156 Å². The molecule has 0 saturated carbocycles. The maximum atomic E-state index is 12.4. The van der Waals surface area contributed by atoms with Crippen molar-refractivity contribution in [3.63, 3.8) is 0 Å². The number of hydrogen-bond acceptors (Lipinski definition) is 3. The van der Waals surface area contributed by atoms with E-state index in [-0.39, 0.29) is 18.5 Å². The third-order valence-corrected chi connectivity index (χ3v) is 5.12. The molecule has 0 aliphatic carbocycles. The molecule has 0 atom stereocenters. The molecule has 5 nitrogen and oxygen atoms in total. The Balaban J connectivity index is 2.30. The van der Waals surface area contributed by atoms with E-state index in [0.29, 0.717) is 11.3 Å². The first kappa shape index (κ1) is 20.0. The van der Waals surface area contributed by atoms with Gasteiger partial charge in [0.05, 0.1) is 18.5 Å². The number of sulfonamides is 1. The molecule has 0 aliphatic rings. The van der Waals surface area contributed by atoms with E-state index < -0.39 is 10.0 Å². The minimum Gasteiger partial charge on any atom is -0.350 e. The minimum atomic E-state index is -3.44. The normalized spacial score (nSPS) is 11.5. The van der Waals surface area contributed by atoms with Gasteiger partial charge in [0.1, 0.15) is 0 Å². The van der Waals surface area contributed by atoms with Crippen molar-refractivity contribution in [2.24, 2.45) is 0 Å². The third kappa shape index (κ3) is 5.08. The summed E-state index contributed by atoms with van der Waals surface area (Å²) < 4.78 is 26.1. The summed E-state index contributed by atoms with van der Waals surface area (Å²) in [5.41, 5.74) is 3.94. The maximum absolute atomic E-state index is 12.4. The molecule has 1 amide bonds.